The Bertz CT molecular complexity index is 451. The van der Waals surface area contributed by atoms with Crippen LogP contribution in [0.5, 0.6) is 5.75 Å². The number of likely N-dealkylation sites (tertiary alicyclic amines) is 1. The van der Waals surface area contributed by atoms with E-state index < -0.39 is 0 Å². The maximum Gasteiger partial charge on any atom is 0.227 e. The number of nitrogens with zero attached hydrogens (tertiary/aromatic N) is 1. The Morgan fingerprint density at radius 3 is 2.74 bits per heavy atom. The van der Waals surface area contributed by atoms with Crippen molar-refractivity contribution in [3.05, 3.63) is 29.3 Å². The lowest BCUT2D eigenvalue weighted by molar-refractivity contribution is -0.132. The Balaban J connectivity index is 2.04. The van der Waals surface area contributed by atoms with Crippen molar-refractivity contribution in [2.45, 2.75) is 32.3 Å². The Labute approximate surface area is 114 Å². The van der Waals surface area contributed by atoms with Crippen LogP contribution in [0, 0.1) is 6.92 Å². The van der Waals surface area contributed by atoms with Crippen LogP contribution in [-0.4, -0.2) is 42.2 Å². The average molecular weight is 263 g/mol. The molecule has 0 spiro atoms. The predicted molar refractivity (Wildman–Crippen MR) is 73.3 cm³/mol. The molecule has 1 aromatic carbocycles. The van der Waals surface area contributed by atoms with Gasteiger partial charge in [0.25, 0.3) is 0 Å². The molecule has 0 bridgehead atoms. The molecular formula is C15H21NO3. The molecule has 1 aliphatic rings. The summed E-state index contributed by atoms with van der Waals surface area (Å²) in [7, 11) is 1.62. The number of hydrogen-bond acceptors (Lipinski definition) is 3. The van der Waals surface area contributed by atoms with Crippen molar-refractivity contribution in [1.82, 2.24) is 4.90 Å². The first-order valence-electron chi connectivity index (χ1n) is 6.69. The molecule has 104 valence electrons. The summed E-state index contributed by atoms with van der Waals surface area (Å²) in [5, 5.41) is 9.46. The summed E-state index contributed by atoms with van der Waals surface area (Å²) >= 11 is 0. The molecule has 2 rings (SSSR count). The zero-order valence-corrected chi connectivity index (χ0v) is 11.6. The number of aliphatic hydroxyl groups is 1. The zero-order valence-electron chi connectivity index (χ0n) is 11.6. The molecule has 0 aliphatic carbocycles. The van der Waals surface area contributed by atoms with Crippen LogP contribution in [0.3, 0.4) is 0 Å². The van der Waals surface area contributed by atoms with Gasteiger partial charge in [-0.1, -0.05) is 17.7 Å². The number of benzene rings is 1. The van der Waals surface area contributed by atoms with E-state index in [1.165, 1.54) is 0 Å². The van der Waals surface area contributed by atoms with Gasteiger partial charge in [0.05, 0.1) is 19.6 Å². The van der Waals surface area contributed by atoms with Crippen molar-refractivity contribution < 1.29 is 14.6 Å². The van der Waals surface area contributed by atoms with Crippen molar-refractivity contribution in [3.8, 4) is 5.75 Å². The maximum absolute atomic E-state index is 12.2. The largest absolute Gasteiger partial charge is 0.496 e. The second kappa shape index (κ2) is 6.06. The van der Waals surface area contributed by atoms with E-state index in [-0.39, 0.29) is 12.0 Å². The Morgan fingerprint density at radius 1 is 1.42 bits per heavy atom. The third-order valence-electron chi connectivity index (χ3n) is 3.59. The summed E-state index contributed by atoms with van der Waals surface area (Å²) in [6, 6.07) is 5.87. The van der Waals surface area contributed by atoms with Gasteiger partial charge in [-0.15, -0.1) is 0 Å². The molecular weight excluding hydrogens is 242 g/mol. The molecule has 1 amide bonds. The minimum atomic E-state index is -0.252. The molecule has 1 fully saturated rings. The first kappa shape index (κ1) is 13.9. The summed E-state index contributed by atoms with van der Waals surface area (Å²) in [6.07, 6.45) is 1.46. The third-order valence-corrected chi connectivity index (χ3v) is 3.59. The van der Waals surface area contributed by atoms with Gasteiger partial charge < -0.3 is 14.7 Å². The van der Waals surface area contributed by atoms with Crippen LogP contribution in [0.15, 0.2) is 18.2 Å². The van der Waals surface area contributed by atoms with Crippen LogP contribution in [0.1, 0.15) is 24.0 Å². The fourth-order valence-electron chi connectivity index (χ4n) is 2.44. The SMILES string of the molecule is COc1ccc(C)cc1CC(=O)N1CCC(O)CC1. The van der Waals surface area contributed by atoms with Crippen LogP contribution < -0.4 is 4.74 Å². The Hall–Kier alpha value is -1.55. The molecule has 1 N–H and O–H groups in total. The highest BCUT2D eigenvalue weighted by atomic mass is 16.5. The highest BCUT2D eigenvalue weighted by molar-refractivity contribution is 5.79. The fraction of sp³-hybridized carbons (Fsp3) is 0.533. The average Bonchev–Trinajstić information content (AvgIpc) is 2.39. The number of piperidine rings is 1. The normalized spacial score (nSPS) is 16.5. The van der Waals surface area contributed by atoms with Crippen molar-refractivity contribution in [2.24, 2.45) is 0 Å². The van der Waals surface area contributed by atoms with Crippen molar-refractivity contribution in [1.29, 1.82) is 0 Å². The molecule has 4 heteroatoms. The van der Waals surface area contributed by atoms with Gasteiger partial charge in [-0.25, -0.2) is 0 Å². The molecule has 4 nitrogen and oxygen atoms in total. The summed E-state index contributed by atoms with van der Waals surface area (Å²) < 4.78 is 5.29. The fourth-order valence-corrected chi connectivity index (χ4v) is 2.44. The lowest BCUT2D eigenvalue weighted by Crippen LogP contribution is -2.40. The molecule has 19 heavy (non-hydrogen) atoms. The van der Waals surface area contributed by atoms with Gasteiger partial charge in [-0.3, -0.25) is 4.79 Å². The van der Waals surface area contributed by atoms with Gasteiger partial charge in [0.1, 0.15) is 5.75 Å². The maximum atomic E-state index is 12.2. The van der Waals surface area contributed by atoms with E-state index in [2.05, 4.69) is 0 Å². The summed E-state index contributed by atoms with van der Waals surface area (Å²) in [4.78, 5) is 14.1. The van der Waals surface area contributed by atoms with Crippen molar-refractivity contribution >= 4 is 5.91 Å². The standard InChI is InChI=1S/C15H21NO3/c1-11-3-4-14(19-2)12(9-11)10-15(18)16-7-5-13(17)6-8-16/h3-4,9,13,17H,5-8,10H2,1-2H3. The van der Waals surface area contributed by atoms with E-state index in [0.29, 0.717) is 32.4 Å². The molecule has 0 radical (unpaired) electrons. The van der Waals surface area contributed by atoms with E-state index in [4.69, 9.17) is 4.74 Å². The van der Waals surface area contributed by atoms with Crippen LogP contribution in [0.4, 0.5) is 0 Å². The minimum Gasteiger partial charge on any atom is -0.496 e. The molecule has 1 aromatic rings. The molecule has 1 saturated heterocycles. The zero-order chi connectivity index (χ0) is 13.8. The van der Waals surface area contributed by atoms with Gasteiger partial charge in [-0.2, -0.15) is 0 Å². The first-order valence-corrected chi connectivity index (χ1v) is 6.69. The Kier molecular flexibility index (Phi) is 4.43. The number of carbonyl (C=O) groups excluding carboxylic acids is 1. The van der Waals surface area contributed by atoms with E-state index >= 15 is 0 Å². The first-order chi connectivity index (χ1) is 9.10. The monoisotopic (exact) mass is 263 g/mol. The van der Waals surface area contributed by atoms with E-state index in [1.54, 1.807) is 7.11 Å². The molecule has 1 heterocycles. The van der Waals surface area contributed by atoms with Gasteiger partial charge in [0, 0.05) is 18.7 Å². The van der Waals surface area contributed by atoms with E-state index in [0.717, 1.165) is 16.9 Å². The molecule has 1 aliphatic heterocycles. The topological polar surface area (TPSA) is 49.8 Å². The lowest BCUT2D eigenvalue weighted by atomic mass is 10.0. The van der Waals surface area contributed by atoms with E-state index in [1.807, 2.05) is 30.0 Å². The number of aryl methyl sites for hydroxylation is 1. The smallest absolute Gasteiger partial charge is 0.227 e. The van der Waals surface area contributed by atoms with E-state index in [9.17, 15) is 9.90 Å². The minimum absolute atomic E-state index is 0.107. The number of hydrogen-bond donors (Lipinski definition) is 1. The Morgan fingerprint density at radius 2 is 2.11 bits per heavy atom. The predicted octanol–water partition coefficient (Wildman–Crippen LogP) is 1.53. The second-order valence-electron chi connectivity index (χ2n) is 5.10. The number of ether oxygens (including phenoxy) is 1. The van der Waals surface area contributed by atoms with Gasteiger partial charge >= 0.3 is 0 Å². The van der Waals surface area contributed by atoms with Crippen molar-refractivity contribution in [2.75, 3.05) is 20.2 Å². The van der Waals surface area contributed by atoms with Crippen LogP contribution >= 0.6 is 0 Å². The molecule has 0 unspecified atom stereocenters. The van der Waals surface area contributed by atoms with Gasteiger partial charge in [-0.05, 0) is 25.8 Å². The highest BCUT2D eigenvalue weighted by Crippen LogP contribution is 2.21. The molecule has 0 saturated carbocycles. The van der Waals surface area contributed by atoms with Crippen LogP contribution in [0.2, 0.25) is 0 Å². The van der Waals surface area contributed by atoms with Crippen molar-refractivity contribution in [3.63, 3.8) is 0 Å². The second-order valence-corrected chi connectivity index (χ2v) is 5.10. The number of amides is 1. The van der Waals surface area contributed by atoms with Gasteiger partial charge in [0.2, 0.25) is 5.91 Å². The number of aliphatic hydroxyl groups excluding tert-OH is 1. The number of methoxy groups -OCH3 is 1. The number of rotatable bonds is 3. The molecule has 0 atom stereocenters. The third kappa shape index (κ3) is 3.47. The van der Waals surface area contributed by atoms with Gasteiger partial charge in [0.15, 0.2) is 0 Å². The summed E-state index contributed by atoms with van der Waals surface area (Å²) in [5.74, 6) is 0.867. The lowest BCUT2D eigenvalue weighted by Gasteiger charge is -2.29. The summed E-state index contributed by atoms with van der Waals surface area (Å²) in [6.45, 7) is 3.30. The van der Waals surface area contributed by atoms with Crippen LogP contribution in [0.25, 0.3) is 0 Å². The number of carbonyl (C=O) groups is 1. The molecule has 0 aromatic heterocycles. The van der Waals surface area contributed by atoms with Crippen LogP contribution in [-0.2, 0) is 11.2 Å². The summed E-state index contributed by atoms with van der Waals surface area (Å²) in [5.41, 5.74) is 2.05. The quantitative estimate of drug-likeness (QED) is 0.899. The highest BCUT2D eigenvalue weighted by Gasteiger charge is 2.22.